The van der Waals surface area contributed by atoms with Crippen molar-refractivity contribution in [1.29, 1.82) is 0 Å². The highest BCUT2D eigenvalue weighted by molar-refractivity contribution is 5.82. The molecule has 128 valence electrons. The van der Waals surface area contributed by atoms with Crippen LogP contribution in [0.15, 0.2) is 30.3 Å². The Morgan fingerprint density at radius 3 is 2.92 bits per heavy atom. The maximum atomic E-state index is 13.2. The van der Waals surface area contributed by atoms with Crippen molar-refractivity contribution in [2.45, 2.75) is 51.1 Å². The van der Waals surface area contributed by atoms with Crippen LogP contribution in [-0.4, -0.2) is 34.9 Å². The smallest absolute Gasteiger partial charge is 0.226 e. The summed E-state index contributed by atoms with van der Waals surface area (Å²) in [5.74, 6) is 0.554. The van der Waals surface area contributed by atoms with E-state index in [0.717, 1.165) is 38.8 Å². The van der Waals surface area contributed by atoms with Crippen LogP contribution in [0.2, 0.25) is 0 Å². The molecule has 0 radical (unpaired) electrons. The van der Waals surface area contributed by atoms with Gasteiger partial charge in [0.2, 0.25) is 5.91 Å². The van der Waals surface area contributed by atoms with E-state index < -0.39 is 0 Å². The molecule has 4 heteroatoms. The van der Waals surface area contributed by atoms with Crippen molar-refractivity contribution < 1.29 is 4.79 Å². The van der Waals surface area contributed by atoms with E-state index in [4.69, 9.17) is 0 Å². The topological polar surface area (TPSA) is 48.1 Å². The van der Waals surface area contributed by atoms with E-state index >= 15 is 0 Å². The van der Waals surface area contributed by atoms with Crippen molar-refractivity contribution >= 4 is 16.8 Å². The zero-order valence-corrected chi connectivity index (χ0v) is 14.4. The summed E-state index contributed by atoms with van der Waals surface area (Å²) in [7, 11) is 0. The third-order valence-electron chi connectivity index (χ3n) is 5.67. The standard InChI is InChI=1S/C20H27N3O/c1-14-12-16(9-10-21-14)20(24)23-11-5-4-8-19(23)18-13-15-6-2-3-7-17(15)22-18/h2-3,6-7,13-14,16,19,21-22H,4-5,8-12H2,1H3/t14-,16-,19?/m0/s1. The molecule has 2 aliphatic rings. The molecule has 0 spiro atoms. The van der Waals surface area contributed by atoms with Gasteiger partial charge in [0.05, 0.1) is 6.04 Å². The average Bonchev–Trinajstić information content (AvgIpc) is 3.05. The van der Waals surface area contributed by atoms with Gasteiger partial charge in [-0.05, 0) is 63.1 Å². The molecule has 4 nitrogen and oxygen atoms in total. The van der Waals surface area contributed by atoms with Crippen LogP contribution in [0.25, 0.3) is 10.9 Å². The molecule has 24 heavy (non-hydrogen) atoms. The maximum absolute atomic E-state index is 13.2. The predicted octanol–water partition coefficient (Wildman–Crippen LogP) is 3.61. The maximum Gasteiger partial charge on any atom is 0.226 e. The van der Waals surface area contributed by atoms with E-state index in [2.05, 4.69) is 52.5 Å². The van der Waals surface area contributed by atoms with Crippen LogP contribution in [0, 0.1) is 5.92 Å². The first-order chi connectivity index (χ1) is 11.7. The van der Waals surface area contributed by atoms with Gasteiger partial charge in [-0.25, -0.2) is 0 Å². The molecule has 0 saturated carbocycles. The number of carbonyl (C=O) groups excluding carboxylic acids is 1. The van der Waals surface area contributed by atoms with Gasteiger partial charge in [0, 0.05) is 29.7 Å². The second-order valence-corrected chi connectivity index (χ2v) is 7.43. The molecular weight excluding hydrogens is 298 g/mol. The van der Waals surface area contributed by atoms with Gasteiger partial charge in [0.1, 0.15) is 0 Å². The van der Waals surface area contributed by atoms with Gasteiger partial charge in [0.15, 0.2) is 0 Å². The second-order valence-electron chi connectivity index (χ2n) is 7.43. The second kappa shape index (κ2) is 6.60. The predicted molar refractivity (Wildman–Crippen MR) is 96.8 cm³/mol. The van der Waals surface area contributed by atoms with Crippen molar-refractivity contribution in [3.05, 3.63) is 36.0 Å². The zero-order valence-electron chi connectivity index (χ0n) is 14.4. The van der Waals surface area contributed by atoms with E-state index in [-0.39, 0.29) is 12.0 Å². The SMILES string of the molecule is C[C@H]1C[C@@H](C(=O)N2CCCCC2c2cc3ccccc3[nH]2)CCN1. The number of amides is 1. The van der Waals surface area contributed by atoms with Crippen LogP contribution >= 0.6 is 0 Å². The van der Waals surface area contributed by atoms with E-state index in [9.17, 15) is 4.79 Å². The first-order valence-electron chi connectivity index (χ1n) is 9.34. The minimum absolute atomic E-state index is 0.186. The lowest BCUT2D eigenvalue weighted by Crippen LogP contribution is -2.46. The number of hydrogen-bond donors (Lipinski definition) is 2. The lowest BCUT2D eigenvalue weighted by atomic mass is 9.89. The number of hydrogen-bond acceptors (Lipinski definition) is 2. The largest absolute Gasteiger partial charge is 0.357 e. The Labute approximate surface area is 143 Å². The number of carbonyl (C=O) groups is 1. The number of aromatic nitrogens is 1. The summed E-state index contributed by atoms with van der Waals surface area (Å²) < 4.78 is 0. The molecule has 0 aliphatic carbocycles. The normalized spacial score (nSPS) is 28.2. The third kappa shape index (κ3) is 2.95. The summed E-state index contributed by atoms with van der Waals surface area (Å²) in [4.78, 5) is 18.9. The molecule has 0 bridgehead atoms. The Morgan fingerprint density at radius 1 is 1.21 bits per heavy atom. The highest BCUT2D eigenvalue weighted by atomic mass is 16.2. The minimum atomic E-state index is 0.186. The Bertz CT molecular complexity index is 689. The Balaban J connectivity index is 1.59. The van der Waals surface area contributed by atoms with Crippen molar-refractivity contribution in [3.8, 4) is 0 Å². The highest BCUT2D eigenvalue weighted by Gasteiger charge is 2.34. The third-order valence-corrected chi connectivity index (χ3v) is 5.67. The number of H-pyrrole nitrogens is 1. The Kier molecular flexibility index (Phi) is 4.31. The molecule has 1 aromatic carbocycles. The van der Waals surface area contributed by atoms with Gasteiger partial charge in [-0.15, -0.1) is 0 Å². The summed E-state index contributed by atoms with van der Waals surface area (Å²) in [6.45, 7) is 4.05. The van der Waals surface area contributed by atoms with Crippen LogP contribution in [-0.2, 0) is 4.79 Å². The van der Waals surface area contributed by atoms with Crippen LogP contribution in [0.3, 0.4) is 0 Å². The first-order valence-corrected chi connectivity index (χ1v) is 9.34. The fraction of sp³-hybridized carbons (Fsp3) is 0.550. The number of nitrogens with zero attached hydrogens (tertiary/aromatic N) is 1. The summed E-state index contributed by atoms with van der Waals surface area (Å²) >= 11 is 0. The number of nitrogens with one attached hydrogen (secondary N) is 2. The van der Waals surface area contributed by atoms with Gasteiger partial charge in [-0.2, -0.15) is 0 Å². The minimum Gasteiger partial charge on any atom is -0.357 e. The monoisotopic (exact) mass is 325 g/mol. The molecule has 4 rings (SSSR count). The van der Waals surface area contributed by atoms with Gasteiger partial charge < -0.3 is 15.2 Å². The van der Waals surface area contributed by atoms with Crippen LogP contribution in [0.4, 0.5) is 0 Å². The Morgan fingerprint density at radius 2 is 2.08 bits per heavy atom. The fourth-order valence-electron chi connectivity index (χ4n) is 4.38. The van der Waals surface area contributed by atoms with E-state index in [1.165, 1.54) is 23.0 Å². The molecule has 2 fully saturated rings. The van der Waals surface area contributed by atoms with Crippen molar-refractivity contribution in [3.63, 3.8) is 0 Å². The number of fused-ring (bicyclic) bond motifs is 1. The summed E-state index contributed by atoms with van der Waals surface area (Å²) in [5.41, 5.74) is 2.37. The molecule has 1 aromatic heterocycles. The number of aromatic amines is 1. The molecule has 2 N–H and O–H groups in total. The van der Waals surface area contributed by atoms with Gasteiger partial charge in [-0.3, -0.25) is 4.79 Å². The lowest BCUT2D eigenvalue weighted by molar-refractivity contribution is -0.140. The van der Waals surface area contributed by atoms with Gasteiger partial charge >= 0.3 is 0 Å². The van der Waals surface area contributed by atoms with E-state index in [0.29, 0.717) is 11.9 Å². The highest BCUT2D eigenvalue weighted by Crippen LogP contribution is 2.34. The summed E-state index contributed by atoms with van der Waals surface area (Å²) in [5, 5.41) is 4.69. The number of para-hydroxylation sites is 1. The van der Waals surface area contributed by atoms with E-state index in [1.807, 2.05) is 0 Å². The van der Waals surface area contributed by atoms with Crippen LogP contribution in [0.1, 0.15) is 50.8 Å². The number of benzene rings is 1. The number of piperidine rings is 2. The molecule has 3 heterocycles. The molecule has 1 unspecified atom stereocenters. The molecule has 2 saturated heterocycles. The van der Waals surface area contributed by atoms with E-state index in [1.54, 1.807) is 0 Å². The number of likely N-dealkylation sites (tertiary alicyclic amines) is 1. The Hall–Kier alpha value is -1.81. The average molecular weight is 325 g/mol. The zero-order chi connectivity index (χ0) is 16.5. The number of rotatable bonds is 2. The molecule has 3 atom stereocenters. The fourth-order valence-corrected chi connectivity index (χ4v) is 4.38. The summed E-state index contributed by atoms with van der Waals surface area (Å²) in [6, 6.07) is 11.3. The molecule has 1 amide bonds. The first kappa shape index (κ1) is 15.7. The van der Waals surface area contributed by atoms with Crippen molar-refractivity contribution in [1.82, 2.24) is 15.2 Å². The lowest BCUT2D eigenvalue weighted by Gasteiger charge is -2.39. The van der Waals surface area contributed by atoms with Gasteiger partial charge in [0.25, 0.3) is 0 Å². The molecule has 2 aliphatic heterocycles. The molecule has 2 aromatic rings. The van der Waals surface area contributed by atoms with Crippen molar-refractivity contribution in [2.24, 2.45) is 5.92 Å². The summed E-state index contributed by atoms with van der Waals surface area (Å²) in [6.07, 6.45) is 5.34. The quantitative estimate of drug-likeness (QED) is 0.886. The van der Waals surface area contributed by atoms with Crippen LogP contribution < -0.4 is 5.32 Å². The molecular formula is C20H27N3O. The van der Waals surface area contributed by atoms with Crippen LogP contribution in [0.5, 0.6) is 0 Å². The van der Waals surface area contributed by atoms with Crippen molar-refractivity contribution in [2.75, 3.05) is 13.1 Å². The van der Waals surface area contributed by atoms with Gasteiger partial charge in [-0.1, -0.05) is 18.2 Å².